The molecular weight excluding hydrogens is 396 g/mol. The number of carbonyl (C=O) groups is 1. The summed E-state index contributed by atoms with van der Waals surface area (Å²) in [4.78, 5) is 22.1. The van der Waals surface area contributed by atoms with Crippen molar-refractivity contribution in [1.29, 1.82) is 0 Å². The molecule has 10 heteroatoms. The van der Waals surface area contributed by atoms with Gasteiger partial charge in [-0.3, -0.25) is 14.4 Å². The third-order valence-corrected chi connectivity index (χ3v) is 5.93. The van der Waals surface area contributed by atoms with Crippen LogP contribution in [-0.2, 0) is 14.8 Å². The van der Waals surface area contributed by atoms with E-state index < -0.39 is 31.5 Å². The first-order chi connectivity index (χ1) is 12.7. The molecule has 0 aliphatic carbocycles. The van der Waals surface area contributed by atoms with Crippen molar-refractivity contribution in [2.75, 3.05) is 17.5 Å². The normalized spacial score (nSPS) is 11.1. The van der Waals surface area contributed by atoms with Gasteiger partial charge in [-0.1, -0.05) is 23.7 Å². The fourth-order valence-corrected chi connectivity index (χ4v) is 4.29. The van der Waals surface area contributed by atoms with E-state index in [1.165, 1.54) is 30.3 Å². The second kappa shape index (κ2) is 8.36. The number of ether oxygens (including phenoxy) is 1. The van der Waals surface area contributed by atoms with Crippen molar-refractivity contribution in [2.24, 2.45) is 0 Å². The van der Waals surface area contributed by atoms with Crippen molar-refractivity contribution in [1.82, 2.24) is 0 Å². The standard InChI is InChI=1S/C17H17ClN2O6S/c1-3-19(12-9-10-14(18)13(11-12)17(21)26-4-2)27(24,25)16-8-6-5-7-15(16)20(22)23/h5-11H,3-4H2,1-2H3. The zero-order valence-electron chi connectivity index (χ0n) is 14.6. The Labute approximate surface area is 161 Å². The average Bonchev–Trinajstić information content (AvgIpc) is 2.63. The number of para-hydroxylation sites is 1. The molecule has 2 aromatic carbocycles. The van der Waals surface area contributed by atoms with Crippen molar-refractivity contribution >= 4 is 39.0 Å². The predicted molar refractivity (Wildman–Crippen MR) is 101 cm³/mol. The average molecular weight is 413 g/mol. The maximum Gasteiger partial charge on any atom is 0.339 e. The van der Waals surface area contributed by atoms with E-state index in [0.717, 1.165) is 16.4 Å². The van der Waals surface area contributed by atoms with E-state index in [1.807, 2.05) is 0 Å². The van der Waals surface area contributed by atoms with E-state index in [2.05, 4.69) is 0 Å². The maximum atomic E-state index is 13.1. The van der Waals surface area contributed by atoms with Gasteiger partial charge in [0, 0.05) is 12.6 Å². The number of nitrogens with zero attached hydrogens (tertiary/aromatic N) is 2. The molecule has 0 aliphatic rings. The van der Waals surface area contributed by atoms with Gasteiger partial charge < -0.3 is 4.74 Å². The van der Waals surface area contributed by atoms with Crippen LogP contribution in [0.3, 0.4) is 0 Å². The Morgan fingerprint density at radius 1 is 1.22 bits per heavy atom. The summed E-state index contributed by atoms with van der Waals surface area (Å²) >= 11 is 6.01. The van der Waals surface area contributed by atoms with Crippen molar-refractivity contribution in [3.05, 3.63) is 63.2 Å². The van der Waals surface area contributed by atoms with Gasteiger partial charge >= 0.3 is 5.97 Å². The van der Waals surface area contributed by atoms with Crippen LogP contribution in [0.5, 0.6) is 0 Å². The highest BCUT2D eigenvalue weighted by Gasteiger charge is 2.31. The first-order valence-corrected chi connectivity index (χ1v) is 9.78. The first-order valence-electron chi connectivity index (χ1n) is 7.96. The zero-order valence-corrected chi connectivity index (χ0v) is 16.2. The molecule has 0 spiro atoms. The van der Waals surface area contributed by atoms with Crippen LogP contribution in [0.15, 0.2) is 47.4 Å². The van der Waals surface area contributed by atoms with E-state index >= 15 is 0 Å². The van der Waals surface area contributed by atoms with Gasteiger partial charge in [-0.15, -0.1) is 0 Å². The van der Waals surface area contributed by atoms with Crippen molar-refractivity contribution in [2.45, 2.75) is 18.7 Å². The molecular formula is C17H17ClN2O6S. The lowest BCUT2D eigenvalue weighted by atomic mass is 10.2. The first kappa shape index (κ1) is 20.7. The molecule has 2 aromatic rings. The van der Waals surface area contributed by atoms with Gasteiger partial charge in [0.05, 0.1) is 27.8 Å². The van der Waals surface area contributed by atoms with Gasteiger partial charge in [-0.2, -0.15) is 0 Å². The third kappa shape index (κ3) is 4.20. The molecule has 0 radical (unpaired) electrons. The summed E-state index contributed by atoms with van der Waals surface area (Å²) in [7, 11) is -4.25. The van der Waals surface area contributed by atoms with Crippen molar-refractivity contribution in [3.63, 3.8) is 0 Å². The second-order valence-corrected chi connectivity index (χ2v) is 7.52. The number of carbonyl (C=O) groups excluding carboxylic acids is 1. The monoisotopic (exact) mass is 412 g/mol. The van der Waals surface area contributed by atoms with E-state index in [1.54, 1.807) is 13.8 Å². The number of nitro benzene ring substituents is 1. The van der Waals surface area contributed by atoms with Crippen LogP contribution in [0.1, 0.15) is 24.2 Å². The van der Waals surface area contributed by atoms with Gasteiger partial charge in [-0.25, -0.2) is 13.2 Å². The fourth-order valence-electron chi connectivity index (χ4n) is 2.47. The lowest BCUT2D eigenvalue weighted by Crippen LogP contribution is -2.31. The second-order valence-electron chi connectivity index (χ2n) is 5.28. The largest absolute Gasteiger partial charge is 0.462 e. The summed E-state index contributed by atoms with van der Waals surface area (Å²) in [6, 6.07) is 9.15. The Kier molecular flexibility index (Phi) is 6.40. The fraction of sp³-hybridized carbons (Fsp3) is 0.235. The Balaban J connectivity index is 2.59. The van der Waals surface area contributed by atoms with Crippen LogP contribution in [0.25, 0.3) is 0 Å². The van der Waals surface area contributed by atoms with Crippen LogP contribution in [0.4, 0.5) is 11.4 Å². The minimum absolute atomic E-state index is 0.00669. The molecule has 0 N–H and O–H groups in total. The summed E-state index contributed by atoms with van der Waals surface area (Å²) in [5, 5.41) is 11.3. The third-order valence-electron chi connectivity index (χ3n) is 3.65. The van der Waals surface area contributed by atoms with Crippen LogP contribution in [0, 0.1) is 10.1 Å². The number of nitro groups is 1. The summed E-state index contributed by atoms with van der Waals surface area (Å²) in [6.45, 7) is 3.32. The molecule has 0 fully saturated rings. The number of benzene rings is 2. The highest BCUT2D eigenvalue weighted by molar-refractivity contribution is 7.93. The van der Waals surface area contributed by atoms with Gasteiger partial charge in [0.15, 0.2) is 4.90 Å². The Morgan fingerprint density at radius 2 is 1.89 bits per heavy atom. The number of rotatable bonds is 7. The van der Waals surface area contributed by atoms with Crippen LogP contribution in [-0.4, -0.2) is 32.5 Å². The number of sulfonamides is 1. The van der Waals surface area contributed by atoms with Gasteiger partial charge in [-0.05, 0) is 38.1 Å². The molecule has 0 aromatic heterocycles. The lowest BCUT2D eigenvalue weighted by Gasteiger charge is -2.23. The number of hydrogen-bond acceptors (Lipinski definition) is 6. The number of anilines is 1. The number of halogens is 1. The summed E-state index contributed by atoms with van der Waals surface area (Å²) in [5.41, 5.74) is -0.383. The van der Waals surface area contributed by atoms with Crippen molar-refractivity contribution in [3.8, 4) is 0 Å². The highest BCUT2D eigenvalue weighted by atomic mass is 35.5. The SMILES string of the molecule is CCOC(=O)c1cc(N(CC)S(=O)(=O)c2ccccc2[N+](=O)[O-])ccc1Cl. The number of esters is 1. The van der Waals surface area contributed by atoms with Gasteiger partial charge in [0.2, 0.25) is 0 Å². The Hall–Kier alpha value is -2.65. The smallest absolute Gasteiger partial charge is 0.339 e. The lowest BCUT2D eigenvalue weighted by molar-refractivity contribution is -0.387. The molecule has 0 aliphatic heterocycles. The molecule has 0 saturated carbocycles. The van der Waals surface area contributed by atoms with E-state index in [-0.39, 0.29) is 29.4 Å². The molecule has 27 heavy (non-hydrogen) atoms. The quantitative estimate of drug-likeness (QED) is 0.390. The van der Waals surface area contributed by atoms with Gasteiger partial charge in [0.1, 0.15) is 0 Å². The van der Waals surface area contributed by atoms with E-state index in [9.17, 15) is 23.3 Å². The molecule has 0 amide bonds. The zero-order chi connectivity index (χ0) is 20.2. The van der Waals surface area contributed by atoms with E-state index in [0.29, 0.717) is 0 Å². The molecule has 144 valence electrons. The minimum atomic E-state index is -4.25. The summed E-state index contributed by atoms with van der Waals surface area (Å²) < 4.78 is 32.0. The van der Waals surface area contributed by atoms with E-state index in [4.69, 9.17) is 16.3 Å². The topological polar surface area (TPSA) is 107 Å². The molecule has 8 nitrogen and oxygen atoms in total. The van der Waals surface area contributed by atoms with Crippen LogP contribution >= 0.6 is 11.6 Å². The van der Waals surface area contributed by atoms with Crippen LogP contribution in [0.2, 0.25) is 5.02 Å². The van der Waals surface area contributed by atoms with Crippen LogP contribution < -0.4 is 4.31 Å². The Bertz CT molecular complexity index is 977. The van der Waals surface area contributed by atoms with Gasteiger partial charge in [0.25, 0.3) is 15.7 Å². The number of hydrogen-bond donors (Lipinski definition) is 0. The maximum absolute atomic E-state index is 13.1. The highest BCUT2D eigenvalue weighted by Crippen LogP contribution is 2.31. The molecule has 0 atom stereocenters. The molecule has 0 heterocycles. The minimum Gasteiger partial charge on any atom is -0.462 e. The summed E-state index contributed by atoms with van der Waals surface area (Å²) in [5.74, 6) is -0.691. The molecule has 2 rings (SSSR count). The molecule has 0 saturated heterocycles. The molecule has 0 bridgehead atoms. The van der Waals surface area contributed by atoms with Crippen molar-refractivity contribution < 1.29 is 22.9 Å². The predicted octanol–water partition coefficient (Wildman–Crippen LogP) is 3.64. The molecule has 0 unspecified atom stereocenters. The summed E-state index contributed by atoms with van der Waals surface area (Å²) in [6.07, 6.45) is 0. The Morgan fingerprint density at radius 3 is 2.48 bits per heavy atom.